The lowest BCUT2D eigenvalue weighted by molar-refractivity contribution is -0.134. The number of hydrogen-bond donors (Lipinski definition) is 1. The molecule has 0 aliphatic carbocycles. The summed E-state index contributed by atoms with van der Waals surface area (Å²) in [6.45, 7) is 7.36. The molecule has 0 bridgehead atoms. The highest BCUT2D eigenvalue weighted by atomic mass is 32.2. The number of amides is 1. The first-order valence-electron chi connectivity index (χ1n) is 8.48. The summed E-state index contributed by atoms with van der Waals surface area (Å²) < 4.78 is 24.6. The predicted molar refractivity (Wildman–Crippen MR) is 91.6 cm³/mol. The Balaban J connectivity index is 1.88. The predicted octanol–water partition coefficient (Wildman–Crippen LogP) is 0.815. The number of carbonyl (C=O) groups excluding carboxylic acids is 1. The van der Waals surface area contributed by atoms with E-state index in [9.17, 15) is 13.2 Å². The first-order chi connectivity index (χ1) is 10.9. The van der Waals surface area contributed by atoms with Crippen LogP contribution in [0.1, 0.15) is 32.1 Å². The smallest absolute Gasteiger partial charge is 0.223 e. The van der Waals surface area contributed by atoms with Crippen molar-refractivity contribution in [2.24, 2.45) is 5.92 Å². The van der Waals surface area contributed by atoms with Crippen LogP contribution in [-0.2, 0) is 14.8 Å². The summed E-state index contributed by atoms with van der Waals surface area (Å²) in [7, 11) is -3.10. The van der Waals surface area contributed by atoms with Crippen LogP contribution in [-0.4, -0.2) is 68.6 Å². The molecule has 6 nitrogen and oxygen atoms in total. The fourth-order valence-electron chi connectivity index (χ4n) is 3.52. The third kappa shape index (κ3) is 5.29. The molecule has 0 spiro atoms. The standard InChI is InChI=1S/C16H29N3O3S/c1-3-10-19(15-4-8-17-9-5-15)16(20)13-14-6-11-18(12-7-14)23(2,21)22/h3,14-15,17H,1,4-13H2,2H3. The summed E-state index contributed by atoms with van der Waals surface area (Å²) in [5, 5.41) is 3.32. The molecule has 1 N–H and O–H groups in total. The molecule has 0 unspecified atom stereocenters. The monoisotopic (exact) mass is 343 g/mol. The number of nitrogens with one attached hydrogen (secondary N) is 1. The van der Waals surface area contributed by atoms with Gasteiger partial charge in [-0.2, -0.15) is 0 Å². The van der Waals surface area contributed by atoms with Gasteiger partial charge < -0.3 is 10.2 Å². The molecule has 2 aliphatic heterocycles. The number of hydrogen-bond acceptors (Lipinski definition) is 4. The van der Waals surface area contributed by atoms with Crippen LogP contribution in [0.15, 0.2) is 12.7 Å². The van der Waals surface area contributed by atoms with Crippen molar-refractivity contribution in [2.45, 2.75) is 38.1 Å². The average Bonchev–Trinajstić information content (AvgIpc) is 2.53. The minimum absolute atomic E-state index is 0.189. The van der Waals surface area contributed by atoms with Gasteiger partial charge in [-0.3, -0.25) is 4.79 Å². The fourth-order valence-corrected chi connectivity index (χ4v) is 4.40. The summed E-state index contributed by atoms with van der Waals surface area (Å²) in [6, 6.07) is 0.304. The zero-order valence-corrected chi connectivity index (χ0v) is 14.9. The van der Waals surface area contributed by atoms with E-state index in [0.29, 0.717) is 32.1 Å². The van der Waals surface area contributed by atoms with Crippen LogP contribution < -0.4 is 5.32 Å². The lowest BCUT2D eigenvalue weighted by Gasteiger charge is -2.36. The van der Waals surface area contributed by atoms with E-state index in [1.807, 2.05) is 4.90 Å². The highest BCUT2D eigenvalue weighted by Crippen LogP contribution is 2.24. The maximum absolute atomic E-state index is 12.7. The molecule has 0 saturated carbocycles. The molecular formula is C16H29N3O3S. The largest absolute Gasteiger partial charge is 0.336 e. The molecule has 0 aromatic rings. The molecule has 1 amide bonds. The average molecular weight is 343 g/mol. The van der Waals surface area contributed by atoms with Gasteiger partial charge in [0.1, 0.15) is 0 Å². The van der Waals surface area contributed by atoms with Gasteiger partial charge >= 0.3 is 0 Å². The van der Waals surface area contributed by atoms with Crippen molar-refractivity contribution >= 4 is 15.9 Å². The van der Waals surface area contributed by atoms with Gasteiger partial charge in [0.25, 0.3) is 0 Å². The summed E-state index contributed by atoms with van der Waals surface area (Å²) in [5.74, 6) is 0.476. The fraction of sp³-hybridized carbons (Fsp3) is 0.812. The Kier molecular flexibility index (Phi) is 6.61. The van der Waals surface area contributed by atoms with Crippen LogP contribution in [0.25, 0.3) is 0 Å². The number of piperidine rings is 2. The van der Waals surface area contributed by atoms with Gasteiger partial charge in [-0.05, 0) is 44.7 Å². The van der Waals surface area contributed by atoms with Gasteiger partial charge in [-0.1, -0.05) is 6.08 Å². The third-order valence-electron chi connectivity index (χ3n) is 4.90. The molecular weight excluding hydrogens is 314 g/mol. The Morgan fingerprint density at radius 1 is 1.26 bits per heavy atom. The minimum atomic E-state index is -3.10. The van der Waals surface area contributed by atoms with Crippen molar-refractivity contribution in [1.29, 1.82) is 0 Å². The second-order valence-electron chi connectivity index (χ2n) is 6.63. The molecule has 0 radical (unpaired) electrons. The van der Waals surface area contributed by atoms with Crippen molar-refractivity contribution in [3.63, 3.8) is 0 Å². The van der Waals surface area contributed by atoms with E-state index in [-0.39, 0.29) is 11.8 Å². The van der Waals surface area contributed by atoms with E-state index < -0.39 is 10.0 Å². The topological polar surface area (TPSA) is 69.7 Å². The van der Waals surface area contributed by atoms with Gasteiger partial charge in [-0.25, -0.2) is 12.7 Å². The molecule has 7 heteroatoms. The first-order valence-corrected chi connectivity index (χ1v) is 10.3. The summed E-state index contributed by atoms with van der Waals surface area (Å²) >= 11 is 0. The lowest BCUT2D eigenvalue weighted by Crippen LogP contribution is -2.47. The van der Waals surface area contributed by atoms with Crippen molar-refractivity contribution in [3.05, 3.63) is 12.7 Å². The highest BCUT2D eigenvalue weighted by Gasteiger charge is 2.29. The second kappa shape index (κ2) is 8.26. The number of rotatable bonds is 6. The van der Waals surface area contributed by atoms with Crippen molar-refractivity contribution in [2.75, 3.05) is 39.0 Å². The maximum atomic E-state index is 12.7. The quantitative estimate of drug-likeness (QED) is 0.725. The van der Waals surface area contributed by atoms with Crippen molar-refractivity contribution < 1.29 is 13.2 Å². The molecule has 132 valence electrons. The van der Waals surface area contributed by atoms with Gasteiger partial charge in [0.05, 0.1) is 6.26 Å². The van der Waals surface area contributed by atoms with Crippen LogP contribution in [0, 0.1) is 5.92 Å². The van der Waals surface area contributed by atoms with Gasteiger partial charge in [0.15, 0.2) is 0 Å². The lowest BCUT2D eigenvalue weighted by atomic mass is 9.93. The molecule has 0 aromatic heterocycles. The van der Waals surface area contributed by atoms with E-state index in [0.717, 1.165) is 38.8 Å². The van der Waals surface area contributed by atoms with Crippen LogP contribution in [0.3, 0.4) is 0 Å². The zero-order valence-electron chi connectivity index (χ0n) is 14.0. The van der Waals surface area contributed by atoms with Crippen LogP contribution in [0.4, 0.5) is 0 Å². The molecule has 0 aromatic carbocycles. The van der Waals surface area contributed by atoms with Crippen molar-refractivity contribution in [1.82, 2.24) is 14.5 Å². The Morgan fingerprint density at radius 2 is 1.87 bits per heavy atom. The normalized spacial score (nSPS) is 22.0. The van der Waals surface area contributed by atoms with Crippen molar-refractivity contribution in [3.8, 4) is 0 Å². The Labute approximate surface area is 140 Å². The molecule has 2 aliphatic rings. The van der Waals surface area contributed by atoms with E-state index in [1.165, 1.54) is 10.6 Å². The maximum Gasteiger partial charge on any atom is 0.223 e. The number of sulfonamides is 1. The number of carbonyl (C=O) groups is 1. The Hall–Kier alpha value is -0.920. The Bertz CT molecular complexity index is 507. The van der Waals surface area contributed by atoms with E-state index in [1.54, 1.807) is 6.08 Å². The summed E-state index contributed by atoms with van der Waals surface area (Å²) in [6.07, 6.45) is 7.10. The van der Waals surface area contributed by atoms with Gasteiger partial charge in [-0.15, -0.1) is 6.58 Å². The highest BCUT2D eigenvalue weighted by molar-refractivity contribution is 7.88. The molecule has 2 fully saturated rings. The van der Waals surface area contributed by atoms with E-state index in [4.69, 9.17) is 0 Å². The minimum Gasteiger partial charge on any atom is -0.336 e. The Morgan fingerprint density at radius 3 is 2.39 bits per heavy atom. The second-order valence-corrected chi connectivity index (χ2v) is 8.61. The molecule has 2 heterocycles. The zero-order chi connectivity index (χ0) is 16.9. The molecule has 2 rings (SSSR count). The number of nitrogens with zero attached hydrogens (tertiary/aromatic N) is 2. The van der Waals surface area contributed by atoms with Gasteiger partial charge in [0, 0.05) is 32.1 Å². The summed E-state index contributed by atoms with van der Waals surface area (Å²) in [4.78, 5) is 14.7. The molecule has 23 heavy (non-hydrogen) atoms. The first kappa shape index (κ1) is 18.4. The summed E-state index contributed by atoms with van der Waals surface area (Å²) in [5.41, 5.74) is 0. The molecule has 2 saturated heterocycles. The van der Waals surface area contributed by atoms with E-state index in [2.05, 4.69) is 11.9 Å². The van der Waals surface area contributed by atoms with Crippen LogP contribution in [0.2, 0.25) is 0 Å². The third-order valence-corrected chi connectivity index (χ3v) is 6.20. The molecule has 0 atom stereocenters. The van der Waals surface area contributed by atoms with E-state index >= 15 is 0 Å². The van der Waals surface area contributed by atoms with Crippen LogP contribution in [0.5, 0.6) is 0 Å². The SMILES string of the molecule is C=CCN(C(=O)CC1CCN(S(C)(=O)=O)CC1)C1CCNCC1. The van der Waals surface area contributed by atoms with Crippen LogP contribution >= 0.6 is 0 Å². The van der Waals surface area contributed by atoms with Gasteiger partial charge in [0.2, 0.25) is 15.9 Å².